The second-order valence-electron chi connectivity index (χ2n) is 2.85. The molecule has 70 valence electrons. The summed E-state index contributed by atoms with van der Waals surface area (Å²) in [6, 6.07) is 18.5. The first-order valence-corrected chi connectivity index (χ1v) is 6.43. The summed E-state index contributed by atoms with van der Waals surface area (Å²) < 4.78 is 2.60. The Kier molecular flexibility index (Phi) is 3.26. The molecule has 0 saturated heterocycles. The van der Waals surface area contributed by atoms with Crippen LogP contribution < -0.4 is 8.92 Å². The zero-order valence-corrected chi connectivity index (χ0v) is 9.95. The molecule has 2 aromatic carbocycles. The van der Waals surface area contributed by atoms with Crippen LogP contribution in [0.25, 0.3) is 0 Å². The molecule has 0 aliphatic rings. The van der Waals surface area contributed by atoms with E-state index in [1.54, 1.807) is 0 Å². The summed E-state index contributed by atoms with van der Waals surface area (Å²) in [7, 11) is 0. The molecule has 0 fully saturated rings. The van der Waals surface area contributed by atoms with Crippen LogP contribution in [-0.4, -0.2) is 15.0 Å². The molecule has 0 aliphatic heterocycles. The minimum absolute atomic E-state index is 0.319. The first kappa shape index (κ1) is 9.79. The normalized spacial score (nSPS) is 10.1. The molecule has 0 nitrogen and oxygen atoms in total. The third kappa shape index (κ3) is 2.39. The number of hydrogen-bond acceptors (Lipinski definition) is 0. The van der Waals surface area contributed by atoms with Crippen LogP contribution in [-0.2, 0) is 0 Å². The fourth-order valence-corrected chi connectivity index (χ4v) is 3.28. The molecule has 0 radical (unpaired) electrons. The Hall–Kier alpha value is -0.751. The third-order valence-electron chi connectivity index (χ3n) is 1.81. The van der Waals surface area contributed by atoms with E-state index in [9.17, 15) is 0 Å². The summed E-state index contributed by atoms with van der Waals surface area (Å²) in [5, 5.41) is 0.872. The zero-order chi connectivity index (χ0) is 9.80. The summed E-state index contributed by atoms with van der Waals surface area (Å²) in [6.45, 7) is 0. The van der Waals surface area contributed by atoms with Gasteiger partial charge < -0.3 is 0 Å². The molecule has 0 atom stereocenters. The van der Waals surface area contributed by atoms with Crippen LogP contribution in [0.3, 0.4) is 0 Å². The van der Waals surface area contributed by atoms with Crippen LogP contribution in [0.4, 0.5) is 0 Å². The Labute approximate surface area is 95.1 Å². The topological polar surface area (TPSA) is 0 Å². The van der Waals surface area contributed by atoms with Crippen LogP contribution in [0.5, 0.6) is 0 Å². The van der Waals surface area contributed by atoms with Crippen molar-refractivity contribution in [1.82, 2.24) is 0 Å². The quantitative estimate of drug-likeness (QED) is 0.730. The van der Waals surface area contributed by atoms with Gasteiger partial charge in [0, 0.05) is 0 Å². The summed E-state index contributed by atoms with van der Waals surface area (Å²) >= 11 is 6.41. The Morgan fingerprint density at radius 3 is 2.14 bits per heavy atom. The van der Waals surface area contributed by atoms with E-state index in [-0.39, 0.29) is 0 Å². The van der Waals surface area contributed by atoms with Gasteiger partial charge in [-0.1, -0.05) is 0 Å². The van der Waals surface area contributed by atoms with E-state index >= 15 is 0 Å². The fourth-order valence-electron chi connectivity index (χ4n) is 1.14. The minimum atomic E-state index is 0.319. The van der Waals surface area contributed by atoms with Crippen LogP contribution in [0, 0.1) is 0 Å². The number of hydrogen-bond donors (Lipinski definition) is 0. The zero-order valence-electron chi connectivity index (χ0n) is 7.48. The van der Waals surface area contributed by atoms with Gasteiger partial charge in [0.1, 0.15) is 0 Å². The maximum absolute atomic E-state index is 6.09. The first-order valence-electron chi connectivity index (χ1n) is 4.34. The Bertz CT molecular complexity index is 412. The monoisotopic (exact) mass is 268 g/mol. The molecule has 0 heterocycles. The predicted octanol–water partition coefficient (Wildman–Crippen LogP) is 1.99. The molecule has 0 spiro atoms. The van der Waals surface area contributed by atoms with Crippen molar-refractivity contribution in [1.29, 1.82) is 0 Å². The van der Waals surface area contributed by atoms with Crippen LogP contribution >= 0.6 is 11.6 Å². The fraction of sp³-hybridized carbons (Fsp3) is 0. The molecule has 0 N–H and O–H groups in total. The predicted molar refractivity (Wildman–Crippen MR) is 62.9 cm³/mol. The van der Waals surface area contributed by atoms with Crippen molar-refractivity contribution in [3.8, 4) is 0 Å². The van der Waals surface area contributed by atoms with E-state index in [1.807, 2.05) is 24.3 Å². The van der Waals surface area contributed by atoms with Crippen molar-refractivity contribution in [2.24, 2.45) is 0 Å². The number of rotatable bonds is 2. The third-order valence-corrected chi connectivity index (χ3v) is 4.67. The van der Waals surface area contributed by atoms with Gasteiger partial charge in [0.2, 0.25) is 0 Å². The van der Waals surface area contributed by atoms with Crippen LogP contribution in [0.2, 0.25) is 5.02 Å². The Morgan fingerprint density at radius 2 is 1.43 bits per heavy atom. The van der Waals surface area contributed by atoms with Crippen molar-refractivity contribution < 1.29 is 0 Å². The van der Waals surface area contributed by atoms with E-state index in [1.165, 1.54) is 8.92 Å². The second-order valence-corrected chi connectivity index (χ2v) is 5.59. The number of benzene rings is 2. The SMILES string of the molecule is Clc1ccccc1[Se]c1ccccc1. The van der Waals surface area contributed by atoms with Gasteiger partial charge in [-0.05, 0) is 0 Å². The molecule has 0 saturated carbocycles. The van der Waals surface area contributed by atoms with Crippen molar-refractivity contribution in [3.05, 3.63) is 59.6 Å². The Morgan fingerprint density at radius 1 is 0.786 bits per heavy atom. The average Bonchev–Trinajstić information content (AvgIpc) is 2.23. The maximum atomic E-state index is 6.09. The molecule has 2 aromatic rings. The van der Waals surface area contributed by atoms with Gasteiger partial charge in [-0.2, -0.15) is 0 Å². The van der Waals surface area contributed by atoms with Gasteiger partial charge in [0.05, 0.1) is 0 Å². The molecule has 0 aromatic heterocycles. The average molecular weight is 268 g/mol. The van der Waals surface area contributed by atoms with Crippen molar-refractivity contribution >= 4 is 35.5 Å². The summed E-state index contributed by atoms with van der Waals surface area (Å²) in [5.74, 6) is 0. The molecule has 2 heteroatoms. The summed E-state index contributed by atoms with van der Waals surface area (Å²) in [5.41, 5.74) is 0. The first-order chi connectivity index (χ1) is 6.86. The van der Waals surface area contributed by atoms with E-state index in [2.05, 4.69) is 30.3 Å². The second kappa shape index (κ2) is 4.65. The van der Waals surface area contributed by atoms with Gasteiger partial charge in [0.15, 0.2) is 0 Å². The van der Waals surface area contributed by atoms with E-state index in [0.717, 1.165) is 5.02 Å². The molecule has 0 unspecified atom stereocenters. The van der Waals surface area contributed by atoms with Crippen LogP contribution in [0.1, 0.15) is 0 Å². The van der Waals surface area contributed by atoms with Crippen LogP contribution in [0.15, 0.2) is 54.6 Å². The molecule has 0 bridgehead atoms. The van der Waals surface area contributed by atoms with Gasteiger partial charge in [-0.15, -0.1) is 0 Å². The standard InChI is InChI=1S/C12H9ClSe/c13-11-8-4-5-9-12(11)14-10-6-2-1-3-7-10/h1-9H. The molecule has 14 heavy (non-hydrogen) atoms. The summed E-state index contributed by atoms with van der Waals surface area (Å²) in [6.07, 6.45) is 0. The van der Waals surface area contributed by atoms with Gasteiger partial charge in [-0.25, -0.2) is 0 Å². The molecule has 2 rings (SSSR count). The van der Waals surface area contributed by atoms with Gasteiger partial charge in [-0.3, -0.25) is 0 Å². The molecular weight excluding hydrogens is 259 g/mol. The Balaban J connectivity index is 2.24. The summed E-state index contributed by atoms with van der Waals surface area (Å²) in [4.78, 5) is 0. The molecule has 0 amide bonds. The van der Waals surface area contributed by atoms with Crippen molar-refractivity contribution in [2.45, 2.75) is 0 Å². The van der Waals surface area contributed by atoms with Crippen molar-refractivity contribution in [3.63, 3.8) is 0 Å². The van der Waals surface area contributed by atoms with E-state index in [0.29, 0.717) is 15.0 Å². The van der Waals surface area contributed by atoms with E-state index in [4.69, 9.17) is 11.6 Å². The van der Waals surface area contributed by atoms with Crippen molar-refractivity contribution in [2.75, 3.05) is 0 Å². The number of halogens is 1. The molecule has 0 aliphatic carbocycles. The molecular formula is C12H9ClSe. The van der Waals surface area contributed by atoms with E-state index < -0.39 is 0 Å². The van der Waals surface area contributed by atoms with Gasteiger partial charge >= 0.3 is 95.1 Å². The van der Waals surface area contributed by atoms with Gasteiger partial charge in [0.25, 0.3) is 0 Å².